The zero-order valence-electron chi connectivity index (χ0n) is 12.7. The van der Waals surface area contributed by atoms with E-state index in [0.29, 0.717) is 23.3 Å². The third-order valence-electron chi connectivity index (χ3n) is 5.80. The van der Waals surface area contributed by atoms with Gasteiger partial charge in [0.2, 0.25) is 5.12 Å². The largest absolute Gasteiger partial charge is 0.481 e. The second-order valence-electron chi connectivity index (χ2n) is 7.14. The van der Waals surface area contributed by atoms with Gasteiger partial charge in [-0.05, 0) is 38.0 Å². The van der Waals surface area contributed by atoms with E-state index in [2.05, 4.69) is 6.58 Å². The van der Waals surface area contributed by atoms with Crippen molar-refractivity contribution in [2.75, 3.05) is 0 Å². The number of hydrogen-bond acceptors (Lipinski definition) is 6. The second kappa shape index (κ2) is 4.79. The normalized spacial score (nSPS) is 46.0. The fourth-order valence-electron chi connectivity index (χ4n) is 4.90. The Morgan fingerprint density at radius 3 is 2.70 bits per heavy atom. The van der Waals surface area contributed by atoms with Crippen LogP contribution in [0.4, 0.5) is 0 Å². The molecule has 0 aromatic heterocycles. The van der Waals surface area contributed by atoms with Gasteiger partial charge in [-0.2, -0.15) is 0 Å². The number of aliphatic carboxylic acids is 1. The van der Waals surface area contributed by atoms with E-state index in [1.54, 1.807) is 18.7 Å². The minimum absolute atomic E-state index is 0.00128. The molecule has 0 radical (unpaired) electrons. The lowest BCUT2D eigenvalue weighted by molar-refractivity contribution is -0.190. The number of carboxylic acids is 1. The lowest BCUT2D eigenvalue weighted by Crippen LogP contribution is -2.61. The molecule has 5 nitrogen and oxygen atoms in total. The molecule has 1 saturated heterocycles. The third kappa shape index (κ3) is 1.98. The molecular weight excluding hydrogens is 336 g/mol. The van der Waals surface area contributed by atoms with E-state index in [0.717, 1.165) is 19.3 Å². The van der Waals surface area contributed by atoms with Crippen LogP contribution in [0.2, 0.25) is 0 Å². The van der Waals surface area contributed by atoms with Crippen LogP contribution in [0.5, 0.6) is 0 Å². The number of thioether (sulfide) groups is 2. The summed E-state index contributed by atoms with van der Waals surface area (Å²) in [5.41, 5.74) is 0.0627. The molecule has 1 spiro atoms. The summed E-state index contributed by atoms with van der Waals surface area (Å²) in [4.78, 5) is 35.1. The van der Waals surface area contributed by atoms with Gasteiger partial charge in [0.25, 0.3) is 0 Å². The summed E-state index contributed by atoms with van der Waals surface area (Å²) in [6, 6.07) is 0. The van der Waals surface area contributed by atoms with Crippen molar-refractivity contribution in [3.05, 3.63) is 12.2 Å². The van der Waals surface area contributed by atoms with Crippen molar-refractivity contribution in [1.29, 1.82) is 0 Å². The molecule has 4 rings (SSSR count). The Hall–Kier alpha value is -0.950. The molecule has 23 heavy (non-hydrogen) atoms. The molecule has 0 aromatic rings. The lowest BCUT2D eigenvalue weighted by atomic mass is 9.59. The molecule has 0 aromatic carbocycles. The summed E-state index contributed by atoms with van der Waals surface area (Å²) in [6.45, 7) is 5.30. The van der Waals surface area contributed by atoms with Crippen molar-refractivity contribution in [1.82, 2.24) is 0 Å². The summed E-state index contributed by atoms with van der Waals surface area (Å²) in [5.74, 6) is -0.266. The van der Waals surface area contributed by atoms with Gasteiger partial charge in [-0.15, -0.1) is 11.8 Å². The molecular formula is C16H18O5S2. The topological polar surface area (TPSA) is 80.7 Å². The monoisotopic (exact) mass is 354 g/mol. The molecule has 6 unspecified atom stereocenters. The van der Waals surface area contributed by atoms with Crippen molar-refractivity contribution >= 4 is 40.6 Å². The standard InChI is InChI=1S/C16H18O5S2/c1-7(2)13(19)21-15-5-8-3-9(15)10(6-15)16(8)22-11(4-12(17)18)14(20)23-16/h8-11H,1,3-6H2,2H3,(H,17,18). The SMILES string of the molecule is C=C(C)C(=O)OC12CC3CC1C(C2)C31SC(=O)C(CC(=O)O)S1. The van der Waals surface area contributed by atoms with Crippen molar-refractivity contribution in [2.24, 2.45) is 17.8 Å². The van der Waals surface area contributed by atoms with Crippen LogP contribution in [0.15, 0.2) is 12.2 Å². The Kier molecular flexibility index (Phi) is 3.24. The Morgan fingerprint density at radius 2 is 2.13 bits per heavy atom. The first-order chi connectivity index (χ1) is 10.8. The molecule has 6 atom stereocenters. The van der Waals surface area contributed by atoms with Gasteiger partial charge in [-0.1, -0.05) is 18.3 Å². The highest BCUT2D eigenvalue weighted by Gasteiger charge is 2.78. The Bertz CT molecular complexity index is 642. The van der Waals surface area contributed by atoms with E-state index in [-0.39, 0.29) is 27.2 Å². The molecule has 2 bridgehead atoms. The predicted molar refractivity (Wildman–Crippen MR) is 86.9 cm³/mol. The number of rotatable bonds is 4. The highest BCUT2D eigenvalue weighted by atomic mass is 32.2. The Labute approximate surface area is 142 Å². The van der Waals surface area contributed by atoms with Crippen LogP contribution in [-0.4, -0.2) is 37.1 Å². The van der Waals surface area contributed by atoms with Gasteiger partial charge in [-0.3, -0.25) is 9.59 Å². The van der Waals surface area contributed by atoms with E-state index in [1.807, 2.05) is 0 Å². The van der Waals surface area contributed by atoms with Crippen LogP contribution in [0.3, 0.4) is 0 Å². The molecule has 3 saturated carbocycles. The van der Waals surface area contributed by atoms with Crippen LogP contribution < -0.4 is 0 Å². The average Bonchev–Trinajstić information content (AvgIpc) is 2.96. The maximum Gasteiger partial charge on any atom is 0.333 e. The van der Waals surface area contributed by atoms with E-state index >= 15 is 0 Å². The average molecular weight is 354 g/mol. The van der Waals surface area contributed by atoms with Gasteiger partial charge < -0.3 is 9.84 Å². The summed E-state index contributed by atoms with van der Waals surface area (Å²) in [7, 11) is 0. The minimum Gasteiger partial charge on any atom is -0.481 e. The molecule has 0 amide bonds. The first kappa shape index (κ1) is 15.6. The van der Waals surface area contributed by atoms with Gasteiger partial charge in [-0.25, -0.2) is 4.79 Å². The van der Waals surface area contributed by atoms with Gasteiger partial charge in [0.1, 0.15) is 5.60 Å². The Morgan fingerprint density at radius 1 is 1.39 bits per heavy atom. The molecule has 1 heterocycles. The molecule has 7 heteroatoms. The molecule has 3 aliphatic carbocycles. The molecule has 1 aliphatic heterocycles. The van der Waals surface area contributed by atoms with Crippen molar-refractivity contribution in [3.63, 3.8) is 0 Å². The number of carboxylic acid groups (broad SMARTS) is 1. The predicted octanol–water partition coefficient (Wildman–Crippen LogP) is 2.45. The van der Waals surface area contributed by atoms with Crippen LogP contribution in [-0.2, 0) is 19.1 Å². The van der Waals surface area contributed by atoms with E-state index in [1.165, 1.54) is 11.8 Å². The minimum atomic E-state index is -0.921. The summed E-state index contributed by atoms with van der Waals surface area (Å²) < 4.78 is 5.56. The van der Waals surface area contributed by atoms with Crippen LogP contribution in [0.25, 0.3) is 0 Å². The van der Waals surface area contributed by atoms with Crippen LogP contribution in [0, 0.1) is 17.8 Å². The van der Waals surface area contributed by atoms with Crippen molar-refractivity contribution < 1.29 is 24.2 Å². The molecule has 4 aliphatic rings. The highest BCUT2D eigenvalue weighted by Crippen LogP contribution is 2.79. The van der Waals surface area contributed by atoms with Crippen molar-refractivity contribution in [2.45, 2.75) is 47.5 Å². The smallest absolute Gasteiger partial charge is 0.333 e. The lowest BCUT2D eigenvalue weighted by Gasteiger charge is -2.58. The maximum atomic E-state index is 12.2. The van der Waals surface area contributed by atoms with Crippen LogP contribution in [0.1, 0.15) is 32.6 Å². The molecule has 124 valence electrons. The first-order valence-electron chi connectivity index (χ1n) is 7.79. The summed E-state index contributed by atoms with van der Waals surface area (Å²) >= 11 is 2.93. The third-order valence-corrected chi connectivity index (χ3v) is 9.60. The van der Waals surface area contributed by atoms with Crippen molar-refractivity contribution in [3.8, 4) is 0 Å². The van der Waals surface area contributed by atoms with E-state index in [9.17, 15) is 14.4 Å². The van der Waals surface area contributed by atoms with Gasteiger partial charge >= 0.3 is 11.9 Å². The molecule has 1 N–H and O–H groups in total. The van der Waals surface area contributed by atoms with Crippen LogP contribution >= 0.6 is 23.5 Å². The van der Waals surface area contributed by atoms with E-state index in [4.69, 9.17) is 9.84 Å². The number of carbonyl (C=O) groups is 3. The maximum absolute atomic E-state index is 12.2. The first-order valence-corrected chi connectivity index (χ1v) is 9.48. The van der Waals surface area contributed by atoms with Gasteiger partial charge in [0, 0.05) is 11.5 Å². The number of carbonyl (C=O) groups excluding carboxylic acids is 2. The fourth-order valence-corrected chi connectivity index (χ4v) is 8.81. The summed E-state index contributed by atoms with van der Waals surface area (Å²) in [6.07, 6.45) is 2.46. The number of fused-ring (bicyclic) bond motifs is 3. The quantitative estimate of drug-likeness (QED) is 0.613. The zero-order valence-corrected chi connectivity index (χ0v) is 14.4. The number of esters is 1. The zero-order chi connectivity index (χ0) is 16.6. The Balaban J connectivity index is 1.51. The fraction of sp³-hybridized carbons (Fsp3) is 0.688. The van der Waals surface area contributed by atoms with Gasteiger partial charge in [0.05, 0.1) is 15.7 Å². The highest BCUT2D eigenvalue weighted by molar-refractivity contribution is 8.31. The molecule has 4 fully saturated rings. The summed E-state index contributed by atoms with van der Waals surface area (Å²) in [5, 5.41) is 8.54. The number of ether oxygens (including phenoxy) is 1. The van der Waals surface area contributed by atoms with E-state index < -0.39 is 11.2 Å². The second-order valence-corrected chi connectivity index (χ2v) is 10.2. The van der Waals surface area contributed by atoms with Gasteiger partial charge in [0.15, 0.2) is 0 Å². The number of hydrogen-bond donors (Lipinski definition) is 1.